The number of carboxylic acids is 1. The molecule has 1 heterocycles. The van der Waals surface area contributed by atoms with Gasteiger partial charge in [-0.2, -0.15) is 0 Å². The van der Waals surface area contributed by atoms with Crippen molar-refractivity contribution in [3.63, 3.8) is 0 Å². The maximum atomic E-state index is 12.6. The second-order valence-corrected chi connectivity index (χ2v) is 6.55. The van der Waals surface area contributed by atoms with Crippen molar-refractivity contribution in [3.05, 3.63) is 0 Å². The van der Waals surface area contributed by atoms with Crippen LogP contribution in [0.2, 0.25) is 0 Å². The number of hydrogen-bond donors (Lipinski definition) is 2. The molecule has 6 heteroatoms. The minimum absolute atomic E-state index is 0.0218. The number of amides is 2. The molecule has 0 bridgehead atoms. The zero-order chi connectivity index (χ0) is 15.6. The van der Waals surface area contributed by atoms with Crippen LogP contribution in [0.25, 0.3) is 0 Å². The van der Waals surface area contributed by atoms with Crippen LogP contribution in [0.15, 0.2) is 0 Å². The SMILES string of the molecule is CNC(=O)C1(C)CCN(C(=O)C2CCCC(C(=O)O)C2)C1. The first-order valence-corrected chi connectivity index (χ1v) is 7.61. The van der Waals surface area contributed by atoms with E-state index in [0.29, 0.717) is 32.4 Å². The number of carboxylic acid groups (broad SMARTS) is 1. The van der Waals surface area contributed by atoms with E-state index in [1.165, 1.54) is 0 Å². The van der Waals surface area contributed by atoms with Crippen molar-refractivity contribution in [2.75, 3.05) is 20.1 Å². The van der Waals surface area contributed by atoms with E-state index < -0.39 is 17.3 Å². The van der Waals surface area contributed by atoms with Gasteiger partial charge in [-0.1, -0.05) is 6.42 Å². The quantitative estimate of drug-likeness (QED) is 0.809. The lowest BCUT2D eigenvalue weighted by Gasteiger charge is -2.30. The van der Waals surface area contributed by atoms with Gasteiger partial charge in [0.15, 0.2) is 0 Å². The van der Waals surface area contributed by atoms with E-state index in [1.54, 1.807) is 11.9 Å². The molecule has 2 N–H and O–H groups in total. The Balaban J connectivity index is 1.98. The molecule has 1 saturated heterocycles. The minimum Gasteiger partial charge on any atom is -0.481 e. The Kier molecular flexibility index (Phi) is 4.54. The lowest BCUT2D eigenvalue weighted by Crippen LogP contribution is -2.42. The largest absolute Gasteiger partial charge is 0.481 e. The molecule has 0 aromatic carbocycles. The molecule has 6 nitrogen and oxygen atoms in total. The monoisotopic (exact) mass is 296 g/mol. The molecule has 2 aliphatic rings. The Morgan fingerprint density at radius 1 is 1.24 bits per heavy atom. The van der Waals surface area contributed by atoms with Crippen LogP contribution < -0.4 is 5.32 Å². The fraction of sp³-hybridized carbons (Fsp3) is 0.800. The van der Waals surface area contributed by atoms with Crippen molar-refractivity contribution in [1.29, 1.82) is 0 Å². The van der Waals surface area contributed by atoms with Gasteiger partial charge in [0.05, 0.1) is 11.3 Å². The number of hydrogen-bond acceptors (Lipinski definition) is 3. The molecule has 0 spiro atoms. The number of rotatable bonds is 3. The lowest BCUT2D eigenvalue weighted by molar-refractivity contribution is -0.145. The summed E-state index contributed by atoms with van der Waals surface area (Å²) in [5.74, 6) is -1.42. The standard InChI is InChI=1S/C15H24N2O4/c1-15(14(21)16-2)6-7-17(9-15)12(18)10-4-3-5-11(8-10)13(19)20/h10-11H,3-9H2,1-2H3,(H,16,21)(H,19,20). The third kappa shape index (κ3) is 3.19. The molecular formula is C15H24N2O4. The summed E-state index contributed by atoms with van der Waals surface area (Å²) in [4.78, 5) is 37.3. The van der Waals surface area contributed by atoms with Crippen molar-refractivity contribution in [2.45, 2.75) is 39.0 Å². The first kappa shape index (κ1) is 15.8. The van der Waals surface area contributed by atoms with Gasteiger partial charge < -0.3 is 15.3 Å². The second-order valence-electron chi connectivity index (χ2n) is 6.55. The van der Waals surface area contributed by atoms with Crippen molar-refractivity contribution < 1.29 is 19.5 Å². The summed E-state index contributed by atoms with van der Waals surface area (Å²) in [5.41, 5.74) is -0.523. The van der Waals surface area contributed by atoms with E-state index in [-0.39, 0.29) is 17.7 Å². The highest BCUT2D eigenvalue weighted by atomic mass is 16.4. The number of aliphatic carboxylic acids is 1. The van der Waals surface area contributed by atoms with E-state index in [2.05, 4.69) is 5.32 Å². The van der Waals surface area contributed by atoms with Crippen LogP contribution in [0, 0.1) is 17.3 Å². The molecule has 2 fully saturated rings. The average molecular weight is 296 g/mol. The third-order valence-corrected chi connectivity index (χ3v) is 4.93. The van der Waals surface area contributed by atoms with Gasteiger partial charge in [-0.25, -0.2) is 0 Å². The minimum atomic E-state index is -0.802. The summed E-state index contributed by atoms with van der Waals surface area (Å²) in [6.45, 7) is 2.89. The van der Waals surface area contributed by atoms with Crippen LogP contribution in [0.4, 0.5) is 0 Å². The predicted octanol–water partition coefficient (Wildman–Crippen LogP) is 0.862. The number of likely N-dealkylation sites (tertiary alicyclic amines) is 1. The van der Waals surface area contributed by atoms with Gasteiger partial charge in [0, 0.05) is 26.1 Å². The van der Waals surface area contributed by atoms with Gasteiger partial charge in [-0.3, -0.25) is 14.4 Å². The summed E-state index contributed by atoms with van der Waals surface area (Å²) in [7, 11) is 1.61. The maximum absolute atomic E-state index is 12.6. The topological polar surface area (TPSA) is 86.7 Å². The molecule has 21 heavy (non-hydrogen) atoms. The van der Waals surface area contributed by atoms with E-state index in [0.717, 1.165) is 12.8 Å². The normalized spacial score (nSPS) is 32.8. The summed E-state index contributed by atoms with van der Waals surface area (Å²) in [6, 6.07) is 0. The third-order valence-electron chi connectivity index (χ3n) is 4.93. The molecule has 118 valence electrons. The van der Waals surface area contributed by atoms with Crippen molar-refractivity contribution >= 4 is 17.8 Å². The van der Waals surface area contributed by atoms with Crippen LogP contribution in [0.5, 0.6) is 0 Å². The highest BCUT2D eigenvalue weighted by Gasteiger charge is 2.43. The zero-order valence-corrected chi connectivity index (χ0v) is 12.7. The fourth-order valence-corrected chi connectivity index (χ4v) is 3.53. The number of carbonyl (C=O) groups is 3. The highest BCUT2D eigenvalue weighted by Crippen LogP contribution is 2.35. The van der Waals surface area contributed by atoms with Crippen LogP contribution in [-0.2, 0) is 14.4 Å². The van der Waals surface area contributed by atoms with Gasteiger partial charge in [0.1, 0.15) is 0 Å². The highest BCUT2D eigenvalue weighted by molar-refractivity contribution is 5.85. The zero-order valence-electron chi connectivity index (χ0n) is 12.7. The molecule has 2 rings (SSSR count). The maximum Gasteiger partial charge on any atom is 0.306 e. The van der Waals surface area contributed by atoms with Crippen LogP contribution in [0.1, 0.15) is 39.0 Å². The molecule has 0 aromatic rings. The first-order valence-electron chi connectivity index (χ1n) is 7.61. The predicted molar refractivity (Wildman–Crippen MR) is 76.5 cm³/mol. The molecule has 1 aliphatic carbocycles. The first-order chi connectivity index (χ1) is 9.87. The van der Waals surface area contributed by atoms with Crippen molar-refractivity contribution in [3.8, 4) is 0 Å². The number of nitrogens with zero attached hydrogens (tertiary/aromatic N) is 1. The smallest absolute Gasteiger partial charge is 0.306 e. The van der Waals surface area contributed by atoms with Gasteiger partial charge in [0.25, 0.3) is 0 Å². The number of carbonyl (C=O) groups excluding carboxylic acids is 2. The van der Waals surface area contributed by atoms with Gasteiger partial charge in [-0.15, -0.1) is 0 Å². The van der Waals surface area contributed by atoms with Crippen molar-refractivity contribution in [1.82, 2.24) is 10.2 Å². The van der Waals surface area contributed by atoms with Gasteiger partial charge in [-0.05, 0) is 32.6 Å². The number of nitrogens with one attached hydrogen (secondary N) is 1. The Labute approximate surface area is 124 Å². The Bertz CT molecular complexity index is 451. The Morgan fingerprint density at radius 3 is 2.52 bits per heavy atom. The van der Waals surface area contributed by atoms with E-state index in [9.17, 15) is 14.4 Å². The summed E-state index contributed by atoms with van der Waals surface area (Å²) in [5, 5.41) is 11.8. The molecular weight excluding hydrogens is 272 g/mol. The average Bonchev–Trinajstić information content (AvgIpc) is 2.89. The Morgan fingerprint density at radius 2 is 1.90 bits per heavy atom. The van der Waals surface area contributed by atoms with Gasteiger partial charge >= 0.3 is 5.97 Å². The molecule has 1 aliphatic heterocycles. The molecule has 3 atom stereocenters. The van der Waals surface area contributed by atoms with Crippen molar-refractivity contribution in [2.24, 2.45) is 17.3 Å². The van der Waals surface area contributed by atoms with Crippen LogP contribution in [0.3, 0.4) is 0 Å². The summed E-state index contributed by atoms with van der Waals surface area (Å²) in [6.07, 6.45) is 3.30. The van der Waals surface area contributed by atoms with Crippen LogP contribution >= 0.6 is 0 Å². The van der Waals surface area contributed by atoms with E-state index in [4.69, 9.17) is 5.11 Å². The second kappa shape index (κ2) is 6.03. The molecule has 1 saturated carbocycles. The van der Waals surface area contributed by atoms with E-state index >= 15 is 0 Å². The van der Waals surface area contributed by atoms with Crippen LogP contribution in [-0.4, -0.2) is 47.9 Å². The lowest BCUT2D eigenvalue weighted by atomic mass is 9.80. The molecule has 3 unspecified atom stereocenters. The molecule has 0 aromatic heterocycles. The molecule has 0 radical (unpaired) electrons. The summed E-state index contributed by atoms with van der Waals surface area (Å²) < 4.78 is 0. The van der Waals surface area contributed by atoms with E-state index in [1.807, 2.05) is 6.92 Å². The Hall–Kier alpha value is -1.59. The van der Waals surface area contributed by atoms with Gasteiger partial charge in [0.2, 0.25) is 11.8 Å². The molecule has 2 amide bonds. The summed E-state index contributed by atoms with van der Waals surface area (Å²) >= 11 is 0. The fourth-order valence-electron chi connectivity index (χ4n) is 3.53.